The minimum atomic E-state index is -1.06. The molecule has 0 aliphatic carbocycles. The van der Waals surface area contributed by atoms with E-state index in [1.54, 1.807) is 6.07 Å². The molecule has 1 aliphatic rings. The number of anilines is 1. The molecule has 1 fully saturated rings. The van der Waals surface area contributed by atoms with Crippen molar-refractivity contribution in [3.63, 3.8) is 0 Å². The molecule has 0 bridgehead atoms. The summed E-state index contributed by atoms with van der Waals surface area (Å²) >= 11 is 6.33. The summed E-state index contributed by atoms with van der Waals surface area (Å²) in [6.07, 6.45) is 1.54. The first kappa shape index (κ1) is 17.8. The first-order valence-corrected chi connectivity index (χ1v) is 8.45. The lowest BCUT2D eigenvalue weighted by Gasteiger charge is -2.14. The Morgan fingerprint density at radius 3 is 2.54 bits per heavy atom. The Morgan fingerprint density at radius 2 is 1.92 bits per heavy atom. The molecule has 0 radical (unpaired) electrons. The average Bonchev–Trinajstić information content (AvgIpc) is 2.89. The third-order valence-corrected chi connectivity index (χ3v) is 4.85. The van der Waals surface area contributed by atoms with Gasteiger partial charge in [-0.15, -0.1) is 0 Å². The number of thiocarbonyl (C=S) groups is 1. The third-order valence-electron chi connectivity index (χ3n) is 3.54. The topological polar surface area (TPSA) is 101 Å². The number of nitro groups is 1. The van der Waals surface area contributed by atoms with E-state index in [0.29, 0.717) is 20.5 Å². The number of nitrogens with zero attached hydrogens (tertiary/aromatic N) is 2. The highest BCUT2D eigenvalue weighted by Gasteiger charge is 2.33. The Morgan fingerprint density at radius 1 is 1.23 bits per heavy atom. The molecule has 0 aromatic heterocycles. The van der Waals surface area contributed by atoms with Gasteiger partial charge in [-0.1, -0.05) is 36.1 Å². The number of benzene rings is 2. The highest BCUT2D eigenvalue weighted by molar-refractivity contribution is 8.27. The van der Waals surface area contributed by atoms with Crippen LogP contribution < -0.4 is 4.90 Å². The SMILES string of the molecule is O=C(O)c1ccc(N2C(=O)/C(=C\c3cccc([N+](=O)[O-])c3)SC2=S)cc1. The van der Waals surface area contributed by atoms with Crippen LogP contribution in [-0.4, -0.2) is 26.2 Å². The zero-order chi connectivity index (χ0) is 18.8. The van der Waals surface area contributed by atoms with Crippen molar-refractivity contribution >= 4 is 57.6 Å². The van der Waals surface area contributed by atoms with E-state index in [9.17, 15) is 19.7 Å². The van der Waals surface area contributed by atoms with Gasteiger partial charge in [-0.25, -0.2) is 4.79 Å². The predicted molar refractivity (Wildman–Crippen MR) is 102 cm³/mol. The number of non-ortho nitro benzene ring substituents is 1. The average molecular weight is 386 g/mol. The number of rotatable bonds is 4. The third kappa shape index (κ3) is 3.48. The fraction of sp³-hybridized carbons (Fsp3) is 0. The summed E-state index contributed by atoms with van der Waals surface area (Å²) in [6, 6.07) is 11.7. The van der Waals surface area contributed by atoms with Crippen molar-refractivity contribution < 1.29 is 19.6 Å². The van der Waals surface area contributed by atoms with E-state index in [1.807, 2.05) is 0 Å². The van der Waals surface area contributed by atoms with Gasteiger partial charge in [-0.2, -0.15) is 0 Å². The Balaban J connectivity index is 1.90. The maximum atomic E-state index is 12.7. The maximum Gasteiger partial charge on any atom is 0.335 e. The first-order valence-electron chi connectivity index (χ1n) is 7.22. The number of hydrogen-bond donors (Lipinski definition) is 1. The second-order valence-corrected chi connectivity index (χ2v) is 6.90. The molecule has 1 N–H and O–H groups in total. The van der Waals surface area contributed by atoms with Gasteiger partial charge in [-0.05, 0) is 35.9 Å². The minimum absolute atomic E-state index is 0.0708. The Labute approximate surface area is 157 Å². The van der Waals surface area contributed by atoms with Crippen molar-refractivity contribution in [3.8, 4) is 0 Å². The number of amides is 1. The number of carbonyl (C=O) groups is 2. The van der Waals surface area contributed by atoms with Crippen molar-refractivity contribution in [3.05, 3.63) is 74.7 Å². The van der Waals surface area contributed by atoms with Gasteiger partial charge >= 0.3 is 5.97 Å². The summed E-state index contributed by atoms with van der Waals surface area (Å²) in [6.45, 7) is 0. The van der Waals surface area contributed by atoms with E-state index in [2.05, 4.69) is 0 Å². The number of nitro benzene ring substituents is 1. The molecule has 2 aromatic rings. The molecule has 130 valence electrons. The number of carboxylic acids is 1. The standard InChI is InChI=1S/C17H10N2O5S2/c20-15-14(9-10-2-1-3-13(8-10)19(23)24)26-17(25)18(15)12-6-4-11(5-7-12)16(21)22/h1-9H,(H,21,22)/b14-9+. The fourth-order valence-electron chi connectivity index (χ4n) is 2.32. The van der Waals surface area contributed by atoms with Crippen LogP contribution in [0.5, 0.6) is 0 Å². The van der Waals surface area contributed by atoms with Gasteiger partial charge < -0.3 is 5.11 Å². The van der Waals surface area contributed by atoms with Crippen LogP contribution in [-0.2, 0) is 4.79 Å². The van der Waals surface area contributed by atoms with Crippen LogP contribution in [0, 0.1) is 10.1 Å². The van der Waals surface area contributed by atoms with Crippen LogP contribution in [0.15, 0.2) is 53.4 Å². The second kappa shape index (κ2) is 7.06. The van der Waals surface area contributed by atoms with E-state index < -0.39 is 10.9 Å². The molecule has 0 atom stereocenters. The molecule has 1 saturated heterocycles. The molecule has 9 heteroatoms. The van der Waals surface area contributed by atoms with Crippen LogP contribution in [0.3, 0.4) is 0 Å². The summed E-state index contributed by atoms with van der Waals surface area (Å²) in [4.78, 5) is 35.6. The number of thioether (sulfide) groups is 1. The minimum Gasteiger partial charge on any atom is -0.478 e. The summed E-state index contributed by atoms with van der Waals surface area (Å²) < 4.78 is 0.301. The second-order valence-electron chi connectivity index (χ2n) is 5.22. The molecule has 1 aliphatic heterocycles. The van der Waals surface area contributed by atoms with Crippen molar-refractivity contribution in [2.24, 2.45) is 0 Å². The van der Waals surface area contributed by atoms with Gasteiger partial charge in [0, 0.05) is 12.1 Å². The van der Waals surface area contributed by atoms with Crippen LogP contribution in [0.4, 0.5) is 11.4 Å². The van der Waals surface area contributed by atoms with Gasteiger partial charge in [-0.3, -0.25) is 19.8 Å². The van der Waals surface area contributed by atoms with Gasteiger partial charge in [0.25, 0.3) is 11.6 Å². The number of hydrogen-bond acceptors (Lipinski definition) is 6. The lowest BCUT2D eigenvalue weighted by Crippen LogP contribution is -2.27. The smallest absolute Gasteiger partial charge is 0.335 e. The van der Waals surface area contributed by atoms with Crippen molar-refractivity contribution in [2.75, 3.05) is 4.90 Å². The predicted octanol–water partition coefficient (Wildman–Crippen LogP) is 3.70. The van der Waals surface area contributed by atoms with E-state index >= 15 is 0 Å². The Bertz CT molecular complexity index is 969. The highest BCUT2D eigenvalue weighted by Crippen LogP contribution is 2.36. The number of carboxylic acid groups (broad SMARTS) is 1. The van der Waals surface area contributed by atoms with Gasteiger partial charge in [0.1, 0.15) is 0 Å². The Hall–Kier alpha value is -3.04. The molecule has 2 aromatic carbocycles. The summed E-state index contributed by atoms with van der Waals surface area (Å²) in [5.74, 6) is -1.43. The number of carbonyl (C=O) groups excluding carboxylic acids is 1. The molecule has 7 nitrogen and oxygen atoms in total. The molecule has 1 heterocycles. The normalized spacial score (nSPS) is 15.5. The molecular weight excluding hydrogens is 376 g/mol. The van der Waals surface area contributed by atoms with Crippen molar-refractivity contribution in [1.29, 1.82) is 0 Å². The quantitative estimate of drug-likeness (QED) is 0.370. The van der Waals surface area contributed by atoms with Gasteiger partial charge in [0.05, 0.1) is 21.1 Å². The van der Waals surface area contributed by atoms with E-state index in [1.165, 1.54) is 53.4 Å². The van der Waals surface area contributed by atoms with Crippen LogP contribution in [0.2, 0.25) is 0 Å². The van der Waals surface area contributed by atoms with Gasteiger partial charge in [0.2, 0.25) is 0 Å². The monoisotopic (exact) mass is 386 g/mol. The summed E-state index contributed by atoms with van der Waals surface area (Å²) in [5, 5.41) is 19.8. The molecule has 3 rings (SSSR count). The van der Waals surface area contributed by atoms with Gasteiger partial charge in [0.15, 0.2) is 4.32 Å². The maximum absolute atomic E-state index is 12.7. The lowest BCUT2D eigenvalue weighted by atomic mass is 10.1. The molecule has 0 unspecified atom stereocenters. The lowest BCUT2D eigenvalue weighted by molar-refractivity contribution is -0.384. The van der Waals surface area contributed by atoms with Crippen molar-refractivity contribution in [1.82, 2.24) is 0 Å². The largest absolute Gasteiger partial charge is 0.478 e. The molecule has 0 spiro atoms. The number of aromatic carboxylic acids is 1. The summed E-state index contributed by atoms with van der Waals surface area (Å²) in [5.41, 5.74) is 1.01. The van der Waals surface area contributed by atoms with Crippen LogP contribution >= 0.6 is 24.0 Å². The molecule has 0 saturated carbocycles. The van der Waals surface area contributed by atoms with Crippen LogP contribution in [0.25, 0.3) is 6.08 Å². The fourth-order valence-corrected chi connectivity index (χ4v) is 3.62. The Kier molecular flexibility index (Phi) is 4.83. The van der Waals surface area contributed by atoms with E-state index in [4.69, 9.17) is 17.3 Å². The first-order chi connectivity index (χ1) is 12.4. The summed E-state index contributed by atoms with van der Waals surface area (Å²) in [7, 11) is 0. The molecule has 1 amide bonds. The van der Waals surface area contributed by atoms with Crippen molar-refractivity contribution in [2.45, 2.75) is 0 Å². The zero-order valence-corrected chi connectivity index (χ0v) is 14.6. The van der Waals surface area contributed by atoms with Crippen LogP contribution in [0.1, 0.15) is 15.9 Å². The molecular formula is C17H10N2O5S2. The highest BCUT2D eigenvalue weighted by atomic mass is 32.2. The zero-order valence-electron chi connectivity index (χ0n) is 13.0. The molecule has 26 heavy (non-hydrogen) atoms. The van der Waals surface area contributed by atoms with E-state index in [-0.39, 0.29) is 17.2 Å². The van der Waals surface area contributed by atoms with E-state index in [0.717, 1.165) is 11.8 Å².